The van der Waals surface area contributed by atoms with Crippen molar-refractivity contribution in [1.29, 1.82) is 0 Å². The molecule has 2 amide bonds. The van der Waals surface area contributed by atoms with E-state index in [9.17, 15) is 9.59 Å². The Hall–Kier alpha value is -1.88. The van der Waals surface area contributed by atoms with E-state index in [-0.39, 0.29) is 18.4 Å². The molecule has 5 nitrogen and oxygen atoms in total. The van der Waals surface area contributed by atoms with E-state index >= 15 is 0 Å². The number of likely N-dealkylation sites (N-methyl/N-ethyl adjacent to an activating group) is 1. The van der Waals surface area contributed by atoms with E-state index in [1.54, 1.807) is 7.05 Å². The second-order valence-corrected chi connectivity index (χ2v) is 3.89. The maximum Gasteiger partial charge on any atom is 0.233 e. The summed E-state index contributed by atoms with van der Waals surface area (Å²) in [5.74, 6) is -0.169. The van der Waals surface area contributed by atoms with E-state index in [0.29, 0.717) is 19.5 Å². The largest absolute Gasteiger partial charge is 0.354 e. The summed E-state index contributed by atoms with van der Waals surface area (Å²) in [7, 11) is 1.70. The molecule has 0 aliphatic heterocycles. The first kappa shape index (κ1) is 14.2. The summed E-state index contributed by atoms with van der Waals surface area (Å²) in [6, 6.07) is 9.70. The van der Waals surface area contributed by atoms with Gasteiger partial charge in [0.25, 0.3) is 0 Å². The first-order valence-electron chi connectivity index (χ1n) is 5.94. The summed E-state index contributed by atoms with van der Waals surface area (Å²) in [6.07, 6.45) is 0.294. The fraction of sp³-hybridized carbons (Fsp3) is 0.385. The van der Waals surface area contributed by atoms with Crippen molar-refractivity contribution < 1.29 is 9.59 Å². The van der Waals surface area contributed by atoms with Crippen molar-refractivity contribution in [2.75, 3.05) is 20.1 Å². The highest BCUT2D eigenvalue weighted by Gasteiger charge is 2.03. The Balaban J connectivity index is 2.13. The molecule has 1 rings (SSSR count). The Morgan fingerprint density at radius 3 is 2.44 bits per heavy atom. The van der Waals surface area contributed by atoms with Gasteiger partial charge in [-0.2, -0.15) is 0 Å². The van der Waals surface area contributed by atoms with Gasteiger partial charge in [0.05, 0.1) is 6.54 Å². The number of carbonyl (C=O) groups is 2. The van der Waals surface area contributed by atoms with Crippen LogP contribution in [0, 0.1) is 0 Å². The van der Waals surface area contributed by atoms with Crippen LogP contribution in [-0.2, 0) is 16.1 Å². The van der Waals surface area contributed by atoms with Crippen LogP contribution in [0.1, 0.15) is 12.0 Å². The summed E-state index contributed by atoms with van der Waals surface area (Å²) in [6.45, 7) is 1.15. The third-order valence-corrected chi connectivity index (χ3v) is 2.34. The zero-order valence-corrected chi connectivity index (χ0v) is 10.5. The summed E-state index contributed by atoms with van der Waals surface area (Å²) in [5.41, 5.74) is 1.06. The number of carbonyl (C=O) groups excluding carboxylic acids is 2. The van der Waals surface area contributed by atoms with Crippen LogP contribution in [0.5, 0.6) is 0 Å². The molecule has 0 saturated carbocycles. The second-order valence-electron chi connectivity index (χ2n) is 3.89. The molecule has 0 heterocycles. The van der Waals surface area contributed by atoms with E-state index in [1.807, 2.05) is 30.3 Å². The van der Waals surface area contributed by atoms with Gasteiger partial charge in [-0.15, -0.1) is 0 Å². The van der Waals surface area contributed by atoms with E-state index in [1.165, 1.54) is 0 Å². The monoisotopic (exact) mass is 249 g/mol. The average Bonchev–Trinajstić information content (AvgIpc) is 2.38. The zero-order valence-electron chi connectivity index (χ0n) is 10.5. The highest BCUT2D eigenvalue weighted by Crippen LogP contribution is 1.97. The molecule has 0 radical (unpaired) electrons. The minimum absolute atomic E-state index is 0.0661. The fourth-order valence-electron chi connectivity index (χ4n) is 1.42. The smallest absolute Gasteiger partial charge is 0.233 e. The highest BCUT2D eigenvalue weighted by atomic mass is 16.2. The van der Waals surface area contributed by atoms with Crippen LogP contribution in [0.3, 0.4) is 0 Å². The molecule has 1 aromatic rings. The first-order chi connectivity index (χ1) is 8.72. The van der Waals surface area contributed by atoms with Crippen molar-refractivity contribution in [2.24, 2.45) is 0 Å². The molecular formula is C13H19N3O2. The Bertz CT molecular complexity index is 379. The molecule has 0 aliphatic rings. The van der Waals surface area contributed by atoms with E-state index < -0.39 is 0 Å². The predicted octanol–water partition coefficient (Wildman–Crippen LogP) is 0.0285. The lowest BCUT2D eigenvalue weighted by Crippen LogP contribution is -2.35. The summed E-state index contributed by atoms with van der Waals surface area (Å²) < 4.78 is 0. The Kier molecular flexibility index (Phi) is 6.50. The lowest BCUT2D eigenvalue weighted by atomic mass is 10.2. The van der Waals surface area contributed by atoms with Crippen molar-refractivity contribution in [2.45, 2.75) is 13.0 Å². The first-order valence-corrected chi connectivity index (χ1v) is 5.94. The van der Waals surface area contributed by atoms with Crippen molar-refractivity contribution in [3.63, 3.8) is 0 Å². The van der Waals surface area contributed by atoms with Gasteiger partial charge in [-0.3, -0.25) is 9.59 Å². The molecule has 0 bridgehead atoms. The van der Waals surface area contributed by atoms with E-state index in [2.05, 4.69) is 16.0 Å². The lowest BCUT2D eigenvalue weighted by molar-refractivity contribution is -0.122. The van der Waals surface area contributed by atoms with Gasteiger partial charge in [0, 0.05) is 19.5 Å². The summed E-state index contributed by atoms with van der Waals surface area (Å²) in [5, 5.41) is 8.19. The van der Waals surface area contributed by atoms with E-state index in [4.69, 9.17) is 0 Å². The number of nitrogens with one attached hydrogen (secondary N) is 3. The maximum atomic E-state index is 11.5. The molecular weight excluding hydrogens is 230 g/mol. The molecule has 0 atom stereocenters. The number of rotatable bonds is 7. The highest BCUT2D eigenvalue weighted by molar-refractivity contribution is 5.80. The van der Waals surface area contributed by atoms with Crippen molar-refractivity contribution >= 4 is 11.8 Å². The van der Waals surface area contributed by atoms with Gasteiger partial charge < -0.3 is 16.0 Å². The molecule has 0 saturated heterocycles. The van der Waals surface area contributed by atoms with Gasteiger partial charge in [0.15, 0.2) is 0 Å². The van der Waals surface area contributed by atoms with Crippen LogP contribution in [0.25, 0.3) is 0 Å². The molecule has 1 aromatic carbocycles. The maximum absolute atomic E-state index is 11.5. The van der Waals surface area contributed by atoms with Gasteiger partial charge in [-0.1, -0.05) is 30.3 Å². The average molecular weight is 249 g/mol. The van der Waals surface area contributed by atoms with Crippen molar-refractivity contribution in [3.05, 3.63) is 35.9 Å². The van der Waals surface area contributed by atoms with Crippen LogP contribution >= 0.6 is 0 Å². The molecule has 0 aliphatic carbocycles. The topological polar surface area (TPSA) is 70.2 Å². The van der Waals surface area contributed by atoms with E-state index in [0.717, 1.165) is 5.56 Å². The fourth-order valence-corrected chi connectivity index (χ4v) is 1.42. The van der Waals surface area contributed by atoms with Crippen LogP contribution in [0.4, 0.5) is 0 Å². The minimum atomic E-state index is -0.103. The Morgan fingerprint density at radius 1 is 1.06 bits per heavy atom. The molecule has 98 valence electrons. The molecule has 0 aromatic heterocycles. The Labute approximate surface area is 107 Å². The number of hydrogen-bond donors (Lipinski definition) is 3. The van der Waals surface area contributed by atoms with Gasteiger partial charge in [-0.05, 0) is 12.6 Å². The standard InChI is InChI=1S/C13H19N3O2/c1-14-10-13(18)15-8-7-12(17)16-9-11-5-3-2-4-6-11/h2-6,14H,7-10H2,1H3,(H,15,18)(H,16,17). The molecule has 0 fully saturated rings. The van der Waals surface area contributed by atoms with Crippen LogP contribution in [0.15, 0.2) is 30.3 Å². The van der Waals surface area contributed by atoms with Gasteiger partial charge in [0.2, 0.25) is 11.8 Å². The lowest BCUT2D eigenvalue weighted by Gasteiger charge is -2.06. The number of hydrogen-bond acceptors (Lipinski definition) is 3. The molecule has 5 heteroatoms. The van der Waals surface area contributed by atoms with Crippen LogP contribution in [-0.4, -0.2) is 32.0 Å². The normalized spacial score (nSPS) is 9.83. The summed E-state index contributed by atoms with van der Waals surface area (Å²) in [4.78, 5) is 22.6. The van der Waals surface area contributed by atoms with Crippen molar-refractivity contribution in [1.82, 2.24) is 16.0 Å². The number of amides is 2. The quantitative estimate of drug-likeness (QED) is 0.638. The molecule has 0 spiro atoms. The van der Waals surface area contributed by atoms with Gasteiger partial charge >= 0.3 is 0 Å². The zero-order chi connectivity index (χ0) is 13.2. The molecule has 0 unspecified atom stereocenters. The third kappa shape index (κ3) is 6.00. The van der Waals surface area contributed by atoms with Gasteiger partial charge in [0.1, 0.15) is 0 Å². The van der Waals surface area contributed by atoms with Crippen LogP contribution in [0.2, 0.25) is 0 Å². The molecule has 18 heavy (non-hydrogen) atoms. The number of benzene rings is 1. The predicted molar refractivity (Wildman–Crippen MR) is 69.8 cm³/mol. The van der Waals surface area contributed by atoms with Gasteiger partial charge in [-0.25, -0.2) is 0 Å². The van der Waals surface area contributed by atoms with Crippen LogP contribution < -0.4 is 16.0 Å². The SMILES string of the molecule is CNCC(=O)NCCC(=O)NCc1ccccc1. The summed E-state index contributed by atoms with van der Waals surface area (Å²) >= 11 is 0. The Morgan fingerprint density at radius 2 is 1.78 bits per heavy atom. The second kappa shape index (κ2) is 8.25. The molecule has 3 N–H and O–H groups in total. The third-order valence-electron chi connectivity index (χ3n) is 2.34. The van der Waals surface area contributed by atoms with Crippen molar-refractivity contribution in [3.8, 4) is 0 Å². The minimum Gasteiger partial charge on any atom is -0.354 e.